The molecule has 0 aliphatic rings. The normalized spacial score (nSPS) is 11.2. The zero-order valence-electron chi connectivity index (χ0n) is 19.4. The van der Waals surface area contributed by atoms with E-state index in [0.717, 1.165) is 28.8 Å². The van der Waals surface area contributed by atoms with Gasteiger partial charge in [0.05, 0.1) is 0 Å². The summed E-state index contributed by atoms with van der Waals surface area (Å²) in [7, 11) is 1.54. The summed E-state index contributed by atoms with van der Waals surface area (Å²) in [5, 5.41) is 5.23. The van der Waals surface area contributed by atoms with Crippen LogP contribution in [0.2, 0.25) is 0 Å². The highest BCUT2D eigenvalue weighted by Gasteiger charge is 2.31. The van der Waals surface area contributed by atoms with Gasteiger partial charge in [-0.3, -0.25) is 9.78 Å². The highest BCUT2D eigenvalue weighted by molar-refractivity contribution is 5.92. The molecule has 184 valence electrons. The number of pyridine rings is 1. The number of alkyl halides is 3. The Balaban J connectivity index is 1.71. The molecule has 2 aromatic carbocycles. The molecule has 0 aliphatic carbocycles. The second-order valence-corrected chi connectivity index (χ2v) is 7.94. The smallest absolute Gasteiger partial charge is 0.406 e. The number of carbonyl (C=O) groups excluding carboxylic acids is 2. The van der Waals surface area contributed by atoms with E-state index in [0.29, 0.717) is 17.9 Å². The zero-order chi connectivity index (χ0) is 25.6. The van der Waals surface area contributed by atoms with Crippen molar-refractivity contribution >= 4 is 17.6 Å². The maximum atomic E-state index is 12.9. The zero-order valence-corrected chi connectivity index (χ0v) is 19.4. The Morgan fingerprint density at radius 3 is 2.31 bits per heavy atom. The van der Waals surface area contributed by atoms with Crippen molar-refractivity contribution in [2.75, 3.05) is 12.4 Å². The lowest BCUT2D eigenvalue weighted by atomic mass is 10.0. The number of ether oxygens (including phenoxy) is 1. The Morgan fingerprint density at radius 2 is 1.74 bits per heavy atom. The fourth-order valence-corrected chi connectivity index (χ4v) is 3.30. The minimum Gasteiger partial charge on any atom is -0.406 e. The summed E-state index contributed by atoms with van der Waals surface area (Å²) in [6, 6.07) is 15.4. The number of hydrogen-bond acceptors (Lipinski definition) is 4. The van der Waals surface area contributed by atoms with Crippen molar-refractivity contribution in [3.63, 3.8) is 0 Å². The second-order valence-electron chi connectivity index (χ2n) is 7.94. The number of nitrogens with zero attached hydrogens (tertiary/aromatic N) is 2. The van der Waals surface area contributed by atoms with Gasteiger partial charge in [0.25, 0.3) is 5.91 Å². The van der Waals surface area contributed by atoms with E-state index in [2.05, 4.69) is 20.4 Å². The van der Waals surface area contributed by atoms with Gasteiger partial charge in [0, 0.05) is 37.1 Å². The number of rotatable bonds is 7. The van der Waals surface area contributed by atoms with Crippen LogP contribution in [-0.2, 0) is 6.54 Å². The van der Waals surface area contributed by atoms with Gasteiger partial charge in [0.15, 0.2) is 0 Å². The predicted octanol–water partition coefficient (Wildman–Crippen LogP) is 5.45. The van der Waals surface area contributed by atoms with Crippen LogP contribution in [0.25, 0.3) is 11.1 Å². The Kier molecular flexibility index (Phi) is 7.95. The van der Waals surface area contributed by atoms with Crippen LogP contribution < -0.4 is 15.4 Å². The van der Waals surface area contributed by atoms with Crippen molar-refractivity contribution in [3.8, 4) is 16.9 Å². The van der Waals surface area contributed by atoms with Gasteiger partial charge in [-0.1, -0.05) is 24.3 Å². The molecule has 0 fully saturated rings. The van der Waals surface area contributed by atoms with Crippen molar-refractivity contribution in [1.82, 2.24) is 15.2 Å². The molecule has 0 saturated heterocycles. The van der Waals surface area contributed by atoms with Crippen molar-refractivity contribution in [2.24, 2.45) is 0 Å². The molecule has 0 radical (unpaired) electrons. The average molecular weight is 486 g/mol. The number of benzene rings is 2. The monoisotopic (exact) mass is 486 g/mol. The summed E-state index contributed by atoms with van der Waals surface area (Å²) in [6.45, 7) is 4.03. The first-order valence-corrected chi connectivity index (χ1v) is 10.8. The topological polar surface area (TPSA) is 83.6 Å². The lowest BCUT2D eigenvalue weighted by Gasteiger charge is -2.27. The van der Waals surface area contributed by atoms with Crippen molar-refractivity contribution < 1.29 is 27.5 Å². The SMILES string of the molecule is CNC(=O)c1ccc(-c2cccc(CN(C(=O)Nc3ccc(OC(F)(F)F)cc3)C(C)C)c2)cn1. The Hall–Kier alpha value is -4.08. The number of halogens is 3. The Labute approximate surface area is 200 Å². The molecule has 0 spiro atoms. The number of amides is 3. The van der Waals surface area contributed by atoms with E-state index in [9.17, 15) is 22.8 Å². The van der Waals surface area contributed by atoms with Gasteiger partial charge >= 0.3 is 12.4 Å². The van der Waals surface area contributed by atoms with E-state index in [1.807, 2.05) is 38.1 Å². The molecular formula is C25H25F3N4O3. The van der Waals surface area contributed by atoms with E-state index < -0.39 is 12.4 Å². The van der Waals surface area contributed by atoms with Crippen molar-refractivity contribution in [2.45, 2.75) is 32.8 Å². The molecule has 0 saturated carbocycles. The highest BCUT2D eigenvalue weighted by atomic mass is 19.4. The predicted molar refractivity (Wildman–Crippen MR) is 126 cm³/mol. The van der Waals surface area contributed by atoms with Crippen LogP contribution in [-0.4, -0.2) is 41.3 Å². The van der Waals surface area contributed by atoms with Crippen LogP contribution in [0.1, 0.15) is 29.9 Å². The van der Waals surface area contributed by atoms with E-state index >= 15 is 0 Å². The van der Waals surface area contributed by atoms with Gasteiger partial charge in [0.1, 0.15) is 11.4 Å². The molecule has 1 heterocycles. The second kappa shape index (κ2) is 10.9. The molecule has 1 aromatic heterocycles. The van der Waals surface area contributed by atoms with Crippen LogP contribution in [0.5, 0.6) is 5.75 Å². The molecule has 35 heavy (non-hydrogen) atoms. The summed E-state index contributed by atoms with van der Waals surface area (Å²) in [4.78, 5) is 30.4. The van der Waals surface area contributed by atoms with Crippen LogP contribution in [0.4, 0.5) is 23.7 Å². The maximum Gasteiger partial charge on any atom is 0.573 e. The maximum absolute atomic E-state index is 12.9. The van der Waals surface area contributed by atoms with E-state index in [-0.39, 0.29) is 17.7 Å². The van der Waals surface area contributed by atoms with Crippen LogP contribution >= 0.6 is 0 Å². The van der Waals surface area contributed by atoms with E-state index in [4.69, 9.17) is 0 Å². The third kappa shape index (κ3) is 7.20. The number of urea groups is 1. The summed E-state index contributed by atoms with van der Waals surface area (Å²) < 4.78 is 40.9. The molecule has 0 bridgehead atoms. The van der Waals surface area contributed by atoms with Crippen LogP contribution in [0.15, 0.2) is 66.9 Å². The molecule has 3 amide bonds. The minimum atomic E-state index is -4.78. The average Bonchev–Trinajstić information content (AvgIpc) is 2.82. The third-order valence-electron chi connectivity index (χ3n) is 5.06. The largest absolute Gasteiger partial charge is 0.573 e. The molecule has 3 aromatic rings. The fraction of sp³-hybridized carbons (Fsp3) is 0.240. The lowest BCUT2D eigenvalue weighted by molar-refractivity contribution is -0.274. The van der Waals surface area contributed by atoms with Crippen molar-refractivity contribution in [1.29, 1.82) is 0 Å². The molecule has 7 nitrogen and oxygen atoms in total. The minimum absolute atomic E-state index is 0.153. The summed E-state index contributed by atoms with van der Waals surface area (Å²) in [6.07, 6.45) is -3.17. The highest BCUT2D eigenvalue weighted by Crippen LogP contribution is 2.25. The van der Waals surface area contributed by atoms with Gasteiger partial charge in [0.2, 0.25) is 0 Å². The number of nitrogens with one attached hydrogen (secondary N) is 2. The summed E-state index contributed by atoms with van der Waals surface area (Å²) in [5.74, 6) is -0.641. The molecular weight excluding hydrogens is 461 g/mol. The molecule has 2 N–H and O–H groups in total. The first kappa shape index (κ1) is 25.5. The Bertz CT molecular complexity index is 1160. The lowest BCUT2D eigenvalue weighted by Crippen LogP contribution is -2.39. The number of aromatic nitrogens is 1. The fourth-order valence-electron chi connectivity index (χ4n) is 3.30. The number of hydrogen-bond donors (Lipinski definition) is 2. The summed E-state index contributed by atoms with van der Waals surface area (Å²) in [5.41, 5.74) is 3.22. The van der Waals surface area contributed by atoms with E-state index in [1.54, 1.807) is 23.2 Å². The Morgan fingerprint density at radius 1 is 1.03 bits per heavy atom. The molecule has 0 aliphatic heterocycles. The summed E-state index contributed by atoms with van der Waals surface area (Å²) >= 11 is 0. The molecule has 0 atom stereocenters. The van der Waals surface area contributed by atoms with Crippen LogP contribution in [0, 0.1) is 0 Å². The third-order valence-corrected chi connectivity index (χ3v) is 5.06. The molecule has 10 heteroatoms. The van der Waals surface area contributed by atoms with Crippen molar-refractivity contribution in [3.05, 3.63) is 78.1 Å². The van der Waals surface area contributed by atoms with Crippen LogP contribution in [0.3, 0.4) is 0 Å². The number of anilines is 1. The van der Waals surface area contributed by atoms with Gasteiger partial charge in [-0.05, 0) is 61.4 Å². The van der Waals surface area contributed by atoms with Gasteiger partial charge in [-0.15, -0.1) is 13.2 Å². The number of carbonyl (C=O) groups is 2. The standard InChI is InChI=1S/C25H25F3N4O3/c1-16(2)32(24(34)31-20-8-10-21(11-9-20)35-25(26,27)28)15-17-5-4-6-18(13-17)19-7-12-22(30-14-19)23(33)29-3/h4-14,16H,15H2,1-3H3,(H,29,33)(H,31,34). The molecule has 3 rings (SSSR count). The first-order valence-electron chi connectivity index (χ1n) is 10.8. The quantitative estimate of drug-likeness (QED) is 0.465. The first-order chi connectivity index (χ1) is 16.6. The van der Waals surface area contributed by atoms with Gasteiger partial charge in [-0.25, -0.2) is 4.79 Å². The van der Waals surface area contributed by atoms with Gasteiger partial charge in [-0.2, -0.15) is 0 Å². The van der Waals surface area contributed by atoms with E-state index in [1.165, 1.54) is 19.2 Å². The molecule has 0 unspecified atom stereocenters. The van der Waals surface area contributed by atoms with Gasteiger partial charge < -0.3 is 20.3 Å².